The molecule has 1 aromatic rings. The van der Waals surface area contributed by atoms with Crippen molar-refractivity contribution in [3.8, 4) is 0 Å². The molecule has 0 aliphatic rings. The minimum absolute atomic E-state index is 0.0833. The molecule has 1 aromatic heterocycles. The molecule has 0 amide bonds. The Bertz CT molecular complexity index is 94.8. The molecule has 1 heterocycles. The minimum Gasteiger partial charge on any atom is -0.266 e. The van der Waals surface area contributed by atoms with E-state index in [1.165, 1.54) is 6.20 Å². The summed E-state index contributed by atoms with van der Waals surface area (Å²) in [6.07, 6.45) is 1.28. The monoisotopic (exact) mass is 55.0 g/mol. The third kappa shape index (κ3) is 0.0283. The van der Waals surface area contributed by atoms with Crippen molar-refractivity contribution in [3.05, 3.63) is 16.6 Å². The summed E-state index contributed by atoms with van der Waals surface area (Å²) in [5.74, 6) is 0. The van der Waals surface area contributed by atoms with Crippen molar-refractivity contribution in [2.75, 3.05) is 0 Å². The highest BCUT2D eigenvalue weighted by atomic mass is 16.1. The molecule has 0 saturated carbocycles. The van der Waals surface area contributed by atoms with Crippen molar-refractivity contribution in [2.45, 2.75) is 0 Å². The molecule has 0 bridgehead atoms. The van der Waals surface area contributed by atoms with Gasteiger partial charge in [0.1, 0.15) is 0 Å². The third-order valence-corrected chi connectivity index (χ3v) is 0.235. The van der Waals surface area contributed by atoms with Gasteiger partial charge in [0.05, 0.1) is 6.20 Å². The Labute approximate surface area is 22.8 Å². The quantitative estimate of drug-likeness (QED) is 0.393. The van der Waals surface area contributed by atoms with Gasteiger partial charge in [0, 0.05) is 0 Å². The Morgan fingerprint density at radius 3 is 2.25 bits per heavy atom. The van der Waals surface area contributed by atoms with Crippen LogP contribution in [0, 0.1) is 0 Å². The summed E-state index contributed by atoms with van der Waals surface area (Å²) in [4.78, 5) is 12.5. The van der Waals surface area contributed by atoms with E-state index < -0.39 is 0 Å². The van der Waals surface area contributed by atoms with Gasteiger partial charge in [-0.2, -0.15) is 0 Å². The van der Waals surface area contributed by atoms with Gasteiger partial charge >= 0.3 is 0 Å². The average molecular weight is 55.0 g/mol. The average Bonchev–Trinajstić information content (AvgIpc) is 1.75. The maximum Gasteiger partial charge on any atom is 0.288 e. The highest BCUT2D eigenvalue weighted by molar-refractivity contribution is 4.74. The fourth-order valence-corrected chi connectivity index (χ4v) is 0.0264. The van der Waals surface area contributed by atoms with Crippen LogP contribution in [0.2, 0.25) is 0 Å². The number of nitrogens with zero attached hydrogens (tertiary/aromatic N) is 1. The zero-order valence-electron chi connectivity index (χ0n) is 1.93. The first-order valence-corrected chi connectivity index (χ1v) is 0.975. The molecule has 2 nitrogen and oxygen atoms in total. The lowest BCUT2D eigenvalue weighted by atomic mass is 11.1. The molecule has 0 fully saturated rings. The van der Waals surface area contributed by atoms with Crippen molar-refractivity contribution in [1.29, 1.82) is 0 Å². The van der Waals surface area contributed by atoms with Gasteiger partial charge in [0.25, 0.3) is 5.56 Å². The van der Waals surface area contributed by atoms with E-state index in [4.69, 9.17) is 0 Å². The second-order valence-corrected chi connectivity index (χ2v) is 0.596. The summed E-state index contributed by atoms with van der Waals surface area (Å²) in [5, 5.41) is 0. The van der Waals surface area contributed by atoms with Gasteiger partial charge in [-0.1, -0.05) is 0 Å². The maximum absolute atomic E-state index is 9.33. The molecule has 0 spiro atoms. The van der Waals surface area contributed by atoms with Gasteiger partial charge in [-0.15, -0.1) is 0 Å². The van der Waals surface area contributed by atoms with Crippen LogP contribution < -0.4 is 5.56 Å². The van der Waals surface area contributed by atoms with Crippen LogP contribution in [0.4, 0.5) is 0 Å². The second kappa shape index (κ2) is 0.223. The predicted molar refractivity (Wildman–Crippen MR) is 12.9 cm³/mol. The van der Waals surface area contributed by atoms with Gasteiger partial charge in [0.15, 0.2) is 0 Å². The molecular weight excluding hydrogens is 54.0 g/mol. The van der Waals surface area contributed by atoms with Crippen molar-refractivity contribution >= 4 is 0 Å². The van der Waals surface area contributed by atoms with E-state index in [2.05, 4.69) is 4.98 Å². The summed E-state index contributed by atoms with van der Waals surface area (Å²) in [7, 11) is 0. The molecule has 2 heteroatoms. The lowest BCUT2D eigenvalue weighted by Gasteiger charge is -1.09. The van der Waals surface area contributed by atoms with Crippen LogP contribution in [0.25, 0.3) is 0 Å². The third-order valence-electron chi connectivity index (χ3n) is 0.235. The van der Waals surface area contributed by atoms with Crippen molar-refractivity contribution in [2.24, 2.45) is 0 Å². The first-order chi connectivity index (χ1) is 1.89. The van der Waals surface area contributed by atoms with Gasteiger partial charge in [-0.25, -0.2) is 4.98 Å². The minimum atomic E-state index is -0.0833. The van der Waals surface area contributed by atoms with E-state index in [1.807, 2.05) is 0 Å². The molecule has 0 unspecified atom stereocenters. The zero-order valence-corrected chi connectivity index (χ0v) is 1.93. The summed E-state index contributed by atoms with van der Waals surface area (Å²) in [5.41, 5.74) is -0.0833. The second-order valence-electron chi connectivity index (χ2n) is 0.596. The highest BCUT2D eigenvalue weighted by Gasteiger charge is 1.81. The van der Waals surface area contributed by atoms with Crippen LogP contribution in [-0.4, -0.2) is 4.98 Å². The Kier molecular flexibility index (Phi) is 0.0914. The maximum atomic E-state index is 9.33. The Morgan fingerprint density at radius 1 is 2.00 bits per heavy atom. The molecule has 4 heavy (non-hydrogen) atoms. The smallest absolute Gasteiger partial charge is 0.266 e. The van der Waals surface area contributed by atoms with Crippen LogP contribution in [0.15, 0.2) is 11.0 Å². The van der Waals surface area contributed by atoms with Gasteiger partial charge in [-0.05, 0) is 0 Å². The Balaban J connectivity index is 3.55. The van der Waals surface area contributed by atoms with Crippen LogP contribution >= 0.6 is 0 Å². The molecule has 0 radical (unpaired) electrons. The van der Waals surface area contributed by atoms with Crippen LogP contribution in [0.5, 0.6) is 0 Å². The van der Waals surface area contributed by atoms with Crippen molar-refractivity contribution in [3.63, 3.8) is 0 Å². The Morgan fingerprint density at radius 2 is 2.25 bits per heavy atom. The first kappa shape index (κ1) is 1.64. The Hall–Kier alpha value is -0.660. The fourth-order valence-electron chi connectivity index (χ4n) is 0.0264. The van der Waals surface area contributed by atoms with E-state index in [0.29, 0.717) is 0 Å². The van der Waals surface area contributed by atoms with Crippen molar-refractivity contribution in [1.82, 2.24) is 4.98 Å². The normalized spacial score (nSPS) is 9.00. The molecular formula is C2HNO. The molecule has 0 aromatic carbocycles. The highest BCUT2D eigenvalue weighted by Crippen LogP contribution is 1.46. The zero-order chi connectivity index (χ0) is 2.99. The molecule has 0 atom stereocenters. The molecule has 0 aliphatic heterocycles. The van der Waals surface area contributed by atoms with E-state index >= 15 is 0 Å². The summed E-state index contributed by atoms with van der Waals surface area (Å²) < 4.78 is 0. The fraction of sp³-hybridized carbons (Fsp3) is 0. The summed E-state index contributed by atoms with van der Waals surface area (Å²) in [6.45, 7) is 0. The SMILES string of the molecule is O=c1cn1. The lowest BCUT2D eigenvalue weighted by Crippen LogP contribution is -1.66. The van der Waals surface area contributed by atoms with Crippen LogP contribution in [0.1, 0.15) is 0 Å². The molecule has 0 saturated heterocycles. The van der Waals surface area contributed by atoms with E-state index in [0.717, 1.165) is 0 Å². The van der Waals surface area contributed by atoms with Crippen LogP contribution in [-0.2, 0) is 0 Å². The van der Waals surface area contributed by atoms with E-state index in [9.17, 15) is 4.79 Å². The van der Waals surface area contributed by atoms with Crippen molar-refractivity contribution < 1.29 is 0 Å². The van der Waals surface area contributed by atoms with E-state index in [1.54, 1.807) is 0 Å². The topological polar surface area (TPSA) is 30.0 Å². The predicted octanol–water partition coefficient (Wildman–Crippen LogP) is -0.683. The first-order valence-electron chi connectivity index (χ1n) is 0.975. The number of hydrogen-bond acceptors (Lipinski definition) is 2. The lowest BCUT2D eigenvalue weighted by molar-refractivity contribution is 1.59. The largest absolute Gasteiger partial charge is 0.288 e. The van der Waals surface area contributed by atoms with Gasteiger partial charge < -0.3 is 0 Å². The standard InChI is InChI=1S/C2HNO/c4-2-1-3-2/h1H. The summed E-state index contributed by atoms with van der Waals surface area (Å²) in [6, 6.07) is 0. The molecule has 20 valence electrons. The number of hydrogen-bond donors (Lipinski definition) is 0. The van der Waals surface area contributed by atoms with Gasteiger partial charge in [-0.3, -0.25) is 4.79 Å². The molecule has 0 aliphatic carbocycles. The molecule has 0 N–H and O–H groups in total. The number of aromatic nitrogens is 1. The van der Waals surface area contributed by atoms with Gasteiger partial charge in [0.2, 0.25) is 0 Å². The number of rotatable bonds is 0. The van der Waals surface area contributed by atoms with Crippen LogP contribution in [0.3, 0.4) is 0 Å². The van der Waals surface area contributed by atoms with E-state index in [-0.39, 0.29) is 5.56 Å². The summed E-state index contributed by atoms with van der Waals surface area (Å²) >= 11 is 0. The molecule has 1 rings (SSSR count).